The molecule has 33 heavy (non-hydrogen) atoms. The Morgan fingerprint density at radius 3 is 2.85 bits per heavy atom. The van der Waals surface area contributed by atoms with E-state index in [4.69, 9.17) is 18.3 Å². The van der Waals surface area contributed by atoms with E-state index in [1.807, 2.05) is 18.2 Å². The molecular formula is C24H30N4O5. The van der Waals surface area contributed by atoms with Gasteiger partial charge in [0.1, 0.15) is 17.8 Å². The summed E-state index contributed by atoms with van der Waals surface area (Å²) in [4.78, 5) is 21.5. The van der Waals surface area contributed by atoms with Crippen molar-refractivity contribution >= 4 is 5.91 Å². The molecule has 1 amide bonds. The summed E-state index contributed by atoms with van der Waals surface area (Å²) in [6.07, 6.45) is 2.97. The van der Waals surface area contributed by atoms with Gasteiger partial charge < -0.3 is 23.6 Å². The van der Waals surface area contributed by atoms with Gasteiger partial charge >= 0.3 is 0 Å². The van der Waals surface area contributed by atoms with E-state index in [2.05, 4.69) is 26.2 Å². The average molecular weight is 455 g/mol. The van der Waals surface area contributed by atoms with Crippen molar-refractivity contribution in [3.8, 4) is 5.75 Å². The first-order valence-corrected chi connectivity index (χ1v) is 11.1. The van der Waals surface area contributed by atoms with Crippen molar-refractivity contribution in [1.82, 2.24) is 20.1 Å². The van der Waals surface area contributed by atoms with Crippen LogP contribution in [-0.4, -0.2) is 67.2 Å². The Balaban J connectivity index is 1.38. The zero-order chi connectivity index (χ0) is 22.9. The molecular weight excluding hydrogens is 424 g/mol. The Labute approximate surface area is 193 Å². The second kappa shape index (κ2) is 11.6. The lowest BCUT2D eigenvalue weighted by molar-refractivity contribution is 0.0320. The molecule has 2 aromatic heterocycles. The molecule has 1 fully saturated rings. The van der Waals surface area contributed by atoms with Crippen LogP contribution < -0.4 is 10.1 Å². The summed E-state index contributed by atoms with van der Waals surface area (Å²) in [5.41, 5.74) is 1.39. The van der Waals surface area contributed by atoms with Crippen molar-refractivity contribution in [1.29, 1.82) is 0 Å². The summed E-state index contributed by atoms with van der Waals surface area (Å²) < 4.78 is 21.7. The van der Waals surface area contributed by atoms with Gasteiger partial charge in [-0.15, -0.1) is 0 Å². The third-order valence-corrected chi connectivity index (χ3v) is 5.52. The van der Waals surface area contributed by atoms with E-state index in [9.17, 15) is 4.79 Å². The van der Waals surface area contributed by atoms with Gasteiger partial charge in [0.25, 0.3) is 5.91 Å². The van der Waals surface area contributed by atoms with Gasteiger partial charge in [0, 0.05) is 32.7 Å². The highest BCUT2D eigenvalue weighted by Crippen LogP contribution is 2.16. The molecule has 176 valence electrons. The van der Waals surface area contributed by atoms with Gasteiger partial charge in [-0.3, -0.25) is 14.6 Å². The summed E-state index contributed by atoms with van der Waals surface area (Å²) in [5, 5.41) is 2.79. The van der Waals surface area contributed by atoms with E-state index in [-0.39, 0.29) is 11.6 Å². The summed E-state index contributed by atoms with van der Waals surface area (Å²) in [5.74, 6) is 1.71. The fraction of sp³-hybridized carbons (Fsp3) is 0.417. The summed E-state index contributed by atoms with van der Waals surface area (Å²) >= 11 is 0. The second-order valence-corrected chi connectivity index (χ2v) is 7.90. The van der Waals surface area contributed by atoms with E-state index in [0.717, 1.165) is 50.7 Å². The van der Waals surface area contributed by atoms with Crippen molar-refractivity contribution in [3.05, 3.63) is 71.8 Å². The van der Waals surface area contributed by atoms with E-state index in [1.165, 1.54) is 6.26 Å². The fourth-order valence-electron chi connectivity index (χ4n) is 3.70. The number of oxazole rings is 1. The van der Waals surface area contributed by atoms with Gasteiger partial charge in [-0.25, -0.2) is 4.98 Å². The molecule has 1 aliphatic heterocycles. The molecule has 3 aromatic rings. The number of rotatable bonds is 11. The third kappa shape index (κ3) is 6.92. The minimum atomic E-state index is -0.297. The topological polar surface area (TPSA) is 93.2 Å². The second-order valence-electron chi connectivity index (χ2n) is 7.90. The number of carbonyl (C=O) groups is 1. The Hall–Kier alpha value is -3.14. The van der Waals surface area contributed by atoms with Gasteiger partial charge in [-0.05, 0) is 29.8 Å². The molecule has 1 aromatic carbocycles. The Morgan fingerprint density at radius 1 is 1.18 bits per heavy atom. The fourth-order valence-corrected chi connectivity index (χ4v) is 3.70. The van der Waals surface area contributed by atoms with E-state index in [0.29, 0.717) is 31.3 Å². The van der Waals surface area contributed by atoms with Crippen LogP contribution in [0.15, 0.2) is 57.8 Å². The van der Waals surface area contributed by atoms with E-state index < -0.39 is 0 Å². The van der Waals surface area contributed by atoms with Crippen molar-refractivity contribution in [2.45, 2.75) is 19.6 Å². The maximum absolute atomic E-state index is 12.4. The minimum absolute atomic E-state index is 0.256. The smallest absolute Gasteiger partial charge is 0.273 e. The molecule has 4 rings (SSSR count). The number of amides is 1. The molecule has 3 heterocycles. The van der Waals surface area contributed by atoms with Crippen LogP contribution in [0.2, 0.25) is 0 Å². The number of carbonyl (C=O) groups excluding carboxylic acids is 1. The molecule has 0 bridgehead atoms. The van der Waals surface area contributed by atoms with Crippen LogP contribution in [0.1, 0.15) is 27.7 Å². The van der Waals surface area contributed by atoms with Crippen molar-refractivity contribution in [3.63, 3.8) is 0 Å². The van der Waals surface area contributed by atoms with Crippen LogP contribution in [0, 0.1) is 0 Å². The van der Waals surface area contributed by atoms with Crippen molar-refractivity contribution in [2.24, 2.45) is 0 Å². The first-order chi connectivity index (χ1) is 16.2. The number of morpholine rings is 1. The highest BCUT2D eigenvalue weighted by molar-refractivity contribution is 5.91. The molecule has 1 saturated heterocycles. The number of nitrogens with zero attached hydrogens (tertiary/aromatic N) is 3. The molecule has 0 spiro atoms. The van der Waals surface area contributed by atoms with Gasteiger partial charge in [-0.1, -0.05) is 12.1 Å². The molecule has 0 saturated carbocycles. The largest absolute Gasteiger partial charge is 0.497 e. The lowest BCUT2D eigenvalue weighted by Crippen LogP contribution is -2.41. The highest BCUT2D eigenvalue weighted by Gasteiger charge is 2.18. The number of nitrogens with one attached hydrogen (secondary N) is 1. The SMILES string of the molecule is COc1cccc(CN(CCN2CCOCC2)Cc2nc(C(=O)NCc3ccco3)co2)c1. The molecule has 0 aliphatic carbocycles. The van der Waals surface area contributed by atoms with Crippen LogP contribution in [0.4, 0.5) is 0 Å². The first-order valence-electron chi connectivity index (χ1n) is 11.1. The number of methoxy groups -OCH3 is 1. The summed E-state index contributed by atoms with van der Waals surface area (Å²) in [6, 6.07) is 11.6. The Kier molecular flexibility index (Phi) is 8.13. The van der Waals surface area contributed by atoms with Crippen LogP contribution in [0.3, 0.4) is 0 Å². The number of ether oxygens (including phenoxy) is 2. The standard InChI is InChI=1S/C24H30N4O5/c1-30-20-5-2-4-19(14-20)16-28(8-7-27-9-12-31-13-10-27)17-23-26-22(18-33-23)24(29)25-15-21-6-3-11-32-21/h2-6,11,14,18H,7-10,12-13,15-17H2,1H3,(H,25,29). The van der Waals surface area contributed by atoms with Crippen LogP contribution in [0.5, 0.6) is 5.75 Å². The lowest BCUT2D eigenvalue weighted by Gasteiger charge is -2.29. The van der Waals surface area contributed by atoms with E-state index >= 15 is 0 Å². The minimum Gasteiger partial charge on any atom is -0.497 e. The average Bonchev–Trinajstić information content (AvgIpc) is 3.54. The number of hydrogen-bond acceptors (Lipinski definition) is 8. The number of furan rings is 1. The Morgan fingerprint density at radius 2 is 2.06 bits per heavy atom. The summed E-state index contributed by atoms with van der Waals surface area (Å²) in [7, 11) is 1.67. The molecule has 9 heteroatoms. The summed E-state index contributed by atoms with van der Waals surface area (Å²) in [6.45, 7) is 6.67. The zero-order valence-electron chi connectivity index (χ0n) is 18.9. The molecule has 1 aliphatic rings. The number of benzene rings is 1. The first kappa shape index (κ1) is 23.0. The number of hydrogen-bond donors (Lipinski definition) is 1. The predicted molar refractivity (Wildman–Crippen MR) is 121 cm³/mol. The molecule has 0 atom stereocenters. The van der Waals surface area contributed by atoms with Crippen LogP contribution in [-0.2, 0) is 24.4 Å². The van der Waals surface area contributed by atoms with Crippen LogP contribution >= 0.6 is 0 Å². The Bertz CT molecular complexity index is 998. The predicted octanol–water partition coefficient (Wildman–Crippen LogP) is 2.54. The maximum Gasteiger partial charge on any atom is 0.273 e. The van der Waals surface area contributed by atoms with Crippen molar-refractivity contribution in [2.75, 3.05) is 46.5 Å². The zero-order valence-corrected chi connectivity index (χ0v) is 18.9. The highest BCUT2D eigenvalue weighted by atomic mass is 16.5. The van der Waals surface area contributed by atoms with Gasteiger partial charge in [-0.2, -0.15) is 0 Å². The normalized spacial score (nSPS) is 14.5. The quantitative estimate of drug-likeness (QED) is 0.473. The van der Waals surface area contributed by atoms with Gasteiger partial charge in [0.05, 0.1) is 39.7 Å². The molecule has 0 unspecified atom stereocenters. The van der Waals surface area contributed by atoms with Gasteiger partial charge in [0.2, 0.25) is 5.89 Å². The lowest BCUT2D eigenvalue weighted by atomic mass is 10.2. The van der Waals surface area contributed by atoms with Crippen LogP contribution in [0.25, 0.3) is 0 Å². The van der Waals surface area contributed by atoms with Gasteiger partial charge in [0.15, 0.2) is 5.69 Å². The third-order valence-electron chi connectivity index (χ3n) is 5.52. The number of aromatic nitrogens is 1. The maximum atomic E-state index is 12.4. The molecule has 1 N–H and O–H groups in total. The molecule has 0 radical (unpaired) electrons. The molecule has 9 nitrogen and oxygen atoms in total. The van der Waals surface area contributed by atoms with E-state index in [1.54, 1.807) is 25.5 Å². The van der Waals surface area contributed by atoms with Crippen molar-refractivity contribution < 1.29 is 23.1 Å². The monoisotopic (exact) mass is 454 g/mol.